The number of pyridine rings is 1. The summed E-state index contributed by atoms with van der Waals surface area (Å²) in [4.78, 5) is 18.9. The van der Waals surface area contributed by atoms with E-state index in [1.807, 2.05) is 47.4 Å². The van der Waals surface area contributed by atoms with E-state index >= 15 is 0 Å². The summed E-state index contributed by atoms with van der Waals surface area (Å²) in [6.07, 6.45) is 3.56. The van der Waals surface area contributed by atoms with Gasteiger partial charge in [0, 0.05) is 38.6 Å². The molecule has 1 saturated heterocycles. The van der Waals surface area contributed by atoms with Crippen molar-refractivity contribution in [3.63, 3.8) is 0 Å². The zero-order chi connectivity index (χ0) is 16.6. The molecule has 1 N–H and O–H groups in total. The van der Waals surface area contributed by atoms with E-state index < -0.39 is 0 Å². The highest BCUT2D eigenvalue weighted by molar-refractivity contribution is 5.84. The summed E-state index contributed by atoms with van der Waals surface area (Å²) < 4.78 is 5.36. The van der Waals surface area contributed by atoms with Gasteiger partial charge >= 0.3 is 0 Å². The van der Waals surface area contributed by atoms with Crippen molar-refractivity contribution in [3.05, 3.63) is 66.0 Å². The Labute approximate surface area is 142 Å². The van der Waals surface area contributed by atoms with E-state index in [0.717, 1.165) is 17.7 Å². The SMILES string of the molecule is O=C([C@@H](CNCc1ccncc1)c1ccccc1)N1CCOCC1. The molecule has 2 aromatic rings. The zero-order valence-electron chi connectivity index (χ0n) is 13.7. The third-order valence-electron chi connectivity index (χ3n) is 4.25. The van der Waals surface area contributed by atoms with Crippen LogP contribution in [0.2, 0.25) is 0 Å². The van der Waals surface area contributed by atoms with Crippen molar-refractivity contribution in [1.82, 2.24) is 15.2 Å². The van der Waals surface area contributed by atoms with Crippen LogP contribution in [-0.2, 0) is 16.1 Å². The fourth-order valence-electron chi connectivity index (χ4n) is 2.90. The van der Waals surface area contributed by atoms with Crippen LogP contribution >= 0.6 is 0 Å². The van der Waals surface area contributed by atoms with Crippen LogP contribution in [0.1, 0.15) is 17.0 Å². The molecule has 1 aliphatic rings. The quantitative estimate of drug-likeness (QED) is 0.880. The monoisotopic (exact) mass is 325 g/mol. The molecule has 126 valence electrons. The second-order valence-electron chi connectivity index (χ2n) is 5.89. The van der Waals surface area contributed by atoms with Gasteiger partial charge in [0.25, 0.3) is 0 Å². The number of nitrogens with one attached hydrogen (secondary N) is 1. The molecule has 5 nitrogen and oxygen atoms in total. The molecule has 0 spiro atoms. The van der Waals surface area contributed by atoms with Gasteiger partial charge in [-0.05, 0) is 23.3 Å². The van der Waals surface area contributed by atoms with Crippen molar-refractivity contribution < 1.29 is 9.53 Å². The van der Waals surface area contributed by atoms with E-state index in [9.17, 15) is 4.79 Å². The maximum atomic E-state index is 13.0. The van der Waals surface area contributed by atoms with Gasteiger partial charge in [-0.1, -0.05) is 30.3 Å². The fraction of sp³-hybridized carbons (Fsp3) is 0.368. The van der Waals surface area contributed by atoms with Crippen molar-refractivity contribution in [2.75, 3.05) is 32.8 Å². The topological polar surface area (TPSA) is 54.5 Å². The predicted octanol–water partition coefficient (Wildman–Crippen LogP) is 1.81. The first-order chi connectivity index (χ1) is 11.8. The Balaban J connectivity index is 1.66. The van der Waals surface area contributed by atoms with Crippen LogP contribution in [0.25, 0.3) is 0 Å². The average molecular weight is 325 g/mol. The molecule has 1 aliphatic heterocycles. The second kappa shape index (κ2) is 8.57. The molecule has 0 saturated carbocycles. The molecule has 1 atom stereocenters. The van der Waals surface area contributed by atoms with Gasteiger partial charge in [0.2, 0.25) is 5.91 Å². The first kappa shape index (κ1) is 16.6. The molecule has 0 radical (unpaired) electrons. The fourth-order valence-corrected chi connectivity index (χ4v) is 2.90. The largest absolute Gasteiger partial charge is 0.378 e. The highest BCUT2D eigenvalue weighted by Crippen LogP contribution is 2.19. The lowest BCUT2D eigenvalue weighted by Gasteiger charge is -2.30. The van der Waals surface area contributed by atoms with E-state index in [-0.39, 0.29) is 11.8 Å². The smallest absolute Gasteiger partial charge is 0.231 e. The first-order valence-electron chi connectivity index (χ1n) is 8.35. The summed E-state index contributed by atoms with van der Waals surface area (Å²) >= 11 is 0. The maximum Gasteiger partial charge on any atom is 0.231 e. The van der Waals surface area contributed by atoms with Gasteiger partial charge in [0.05, 0.1) is 19.1 Å². The number of rotatable bonds is 6. The van der Waals surface area contributed by atoms with Crippen LogP contribution < -0.4 is 5.32 Å². The van der Waals surface area contributed by atoms with Crippen LogP contribution in [0, 0.1) is 0 Å². The minimum atomic E-state index is -0.175. The van der Waals surface area contributed by atoms with Gasteiger partial charge in [-0.2, -0.15) is 0 Å². The van der Waals surface area contributed by atoms with Gasteiger partial charge in [0.15, 0.2) is 0 Å². The van der Waals surface area contributed by atoms with Crippen LogP contribution in [-0.4, -0.2) is 48.6 Å². The third-order valence-corrected chi connectivity index (χ3v) is 4.25. The average Bonchev–Trinajstić information content (AvgIpc) is 2.67. The number of amides is 1. The Hall–Kier alpha value is -2.24. The predicted molar refractivity (Wildman–Crippen MR) is 92.5 cm³/mol. The molecule has 2 heterocycles. The van der Waals surface area contributed by atoms with Crippen LogP contribution in [0.4, 0.5) is 0 Å². The third kappa shape index (κ3) is 4.40. The lowest BCUT2D eigenvalue weighted by Crippen LogP contribution is -2.45. The maximum absolute atomic E-state index is 13.0. The lowest BCUT2D eigenvalue weighted by atomic mass is 9.97. The summed E-state index contributed by atoms with van der Waals surface area (Å²) in [6, 6.07) is 14.0. The van der Waals surface area contributed by atoms with E-state index in [0.29, 0.717) is 32.8 Å². The molecule has 1 amide bonds. The van der Waals surface area contributed by atoms with Gasteiger partial charge in [0.1, 0.15) is 0 Å². The highest BCUT2D eigenvalue weighted by atomic mass is 16.5. The van der Waals surface area contributed by atoms with Gasteiger partial charge < -0.3 is 15.0 Å². The molecule has 1 aromatic heterocycles. The summed E-state index contributed by atoms with van der Waals surface area (Å²) in [5, 5.41) is 3.41. The minimum Gasteiger partial charge on any atom is -0.378 e. The lowest BCUT2D eigenvalue weighted by molar-refractivity contribution is -0.136. The van der Waals surface area contributed by atoms with E-state index in [4.69, 9.17) is 4.74 Å². The number of aromatic nitrogens is 1. The summed E-state index contributed by atoms with van der Waals surface area (Å²) in [7, 11) is 0. The Morgan fingerprint density at radius 2 is 1.83 bits per heavy atom. The Bertz CT molecular complexity index is 628. The molecule has 3 rings (SSSR count). The normalized spacial score (nSPS) is 15.9. The van der Waals surface area contributed by atoms with E-state index in [1.165, 1.54) is 0 Å². The number of benzene rings is 1. The highest BCUT2D eigenvalue weighted by Gasteiger charge is 2.26. The molecule has 0 unspecified atom stereocenters. The molecule has 0 aliphatic carbocycles. The van der Waals surface area contributed by atoms with Crippen molar-refractivity contribution >= 4 is 5.91 Å². The number of carbonyl (C=O) groups is 1. The second-order valence-corrected chi connectivity index (χ2v) is 5.89. The molecule has 24 heavy (non-hydrogen) atoms. The number of ether oxygens (including phenoxy) is 1. The molecule has 0 bridgehead atoms. The van der Waals surface area contributed by atoms with E-state index in [1.54, 1.807) is 12.4 Å². The summed E-state index contributed by atoms with van der Waals surface area (Å²) in [5.41, 5.74) is 2.21. The Morgan fingerprint density at radius 3 is 2.54 bits per heavy atom. The van der Waals surface area contributed by atoms with Gasteiger partial charge in [-0.25, -0.2) is 0 Å². The van der Waals surface area contributed by atoms with Crippen molar-refractivity contribution in [2.24, 2.45) is 0 Å². The Kier molecular flexibility index (Phi) is 5.93. The number of hydrogen-bond acceptors (Lipinski definition) is 4. The van der Waals surface area contributed by atoms with Crippen LogP contribution in [0.15, 0.2) is 54.9 Å². The van der Waals surface area contributed by atoms with Crippen LogP contribution in [0.5, 0.6) is 0 Å². The van der Waals surface area contributed by atoms with E-state index in [2.05, 4.69) is 10.3 Å². The van der Waals surface area contributed by atoms with Crippen molar-refractivity contribution in [2.45, 2.75) is 12.5 Å². The first-order valence-corrected chi connectivity index (χ1v) is 8.35. The van der Waals surface area contributed by atoms with Gasteiger partial charge in [-0.3, -0.25) is 9.78 Å². The molecule has 1 fully saturated rings. The number of nitrogens with zero attached hydrogens (tertiary/aromatic N) is 2. The number of carbonyl (C=O) groups excluding carboxylic acids is 1. The van der Waals surface area contributed by atoms with Gasteiger partial charge in [-0.15, -0.1) is 0 Å². The number of hydrogen-bond donors (Lipinski definition) is 1. The molecular formula is C19H23N3O2. The van der Waals surface area contributed by atoms with Crippen LogP contribution in [0.3, 0.4) is 0 Å². The Morgan fingerprint density at radius 1 is 1.12 bits per heavy atom. The molecular weight excluding hydrogens is 302 g/mol. The summed E-state index contributed by atoms with van der Waals surface area (Å²) in [6.45, 7) is 3.93. The van der Waals surface area contributed by atoms with Crippen molar-refractivity contribution in [1.29, 1.82) is 0 Å². The summed E-state index contributed by atoms with van der Waals surface area (Å²) in [5.74, 6) is -0.00198. The molecule has 1 aromatic carbocycles. The molecule has 5 heteroatoms. The zero-order valence-corrected chi connectivity index (χ0v) is 13.7. The standard InChI is InChI=1S/C19H23N3O2/c23-19(22-10-12-24-13-11-22)18(17-4-2-1-3-5-17)15-21-14-16-6-8-20-9-7-16/h1-9,18,21H,10-15H2/t18-/m0/s1. The minimum absolute atomic E-state index is 0.173. The van der Waals surface area contributed by atoms with Crippen molar-refractivity contribution in [3.8, 4) is 0 Å². The number of morpholine rings is 1.